The van der Waals surface area contributed by atoms with E-state index >= 15 is 0 Å². The van der Waals surface area contributed by atoms with Crippen molar-refractivity contribution < 1.29 is 0 Å². The summed E-state index contributed by atoms with van der Waals surface area (Å²) in [5, 5.41) is 7.04. The smallest absolute Gasteiger partial charge is 0.110 e. The normalized spacial score (nSPS) is 19.2. The van der Waals surface area contributed by atoms with Crippen molar-refractivity contribution in [3.05, 3.63) is 39.2 Å². The molecule has 2 heterocycles. The van der Waals surface area contributed by atoms with Gasteiger partial charge in [0, 0.05) is 10.9 Å². The fourth-order valence-electron chi connectivity index (χ4n) is 2.87. The van der Waals surface area contributed by atoms with Crippen LogP contribution in [0.5, 0.6) is 0 Å². The molecule has 3 rings (SSSR count). The van der Waals surface area contributed by atoms with Crippen LogP contribution in [0.2, 0.25) is 0 Å². The third-order valence-electron chi connectivity index (χ3n) is 4.25. The van der Waals surface area contributed by atoms with Gasteiger partial charge in [0.1, 0.15) is 5.01 Å². The number of nitrogens with one attached hydrogen (secondary N) is 1. The van der Waals surface area contributed by atoms with Gasteiger partial charge in [-0.2, -0.15) is 0 Å². The molecule has 1 aromatic carbocycles. The van der Waals surface area contributed by atoms with Gasteiger partial charge in [-0.05, 0) is 62.9 Å². The molecular weight excluding hydrogens is 264 g/mol. The van der Waals surface area contributed by atoms with Crippen LogP contribution in [-0.2, 0) is 0 Å². The summed E-state index contributed by atoms with van der Waals surface area (Å²) in [7, 11) is 0. The third-order valence-corrected chi connectivity index (χ3v) is 5.21. The maximum absolute atomic E-state index is 4.89. The molecule has 0 aliphatic carbocycles. The Bertz CT molecular complexity index is 609. The van der Waals surface area contributed by atoms with Crippen LogP contribution in [-0.4, -0.2) is 11.5 Å². The topological polar surface area (TPSA) is 24.9 Å². The highest BCUT2D eigenvalue weighted by atomic mass is 32.1. The molecule has 0 bridgehead atoms. The van der Waals surface area contributed by atoms with Crippen molar-refractivity contribution >= 4 is 11.3 Å². The maximum atomic E-state index is 4.89. The molecule has 3 heteroatoms. The average Bonchev–Trinajstić information content (AvgIpc) is 2.93. The molecule has 1 unspecified atom stereocenters. The van der Waals surface area contributed by atoms with E-state index in [4.69, 9.17) is 4.98 Å². The van der Waals surface area contributed by atoms with Gasteiger partial charge in [0.05, 0.1) is 11.7 Å². The molecular formula is C17H22N2S. The van der Waals surface area contributed by atoms with Crippen molar-refractivity contribution in [2.45, 2.75) is 46.1 Å². The van der Waals surface area contributed by atoms with Crippen molar-refractivity contribution in [2.75, 3.05) is 6.54 Å². The van der Waals surface area contributed by atoms with E-state index in [2.05, 4.69) is 43.6 Å². The van der Waals surface area contributed by atoms with E-state index in [0.29, 0.717) is 6.04 Å². The Hall–Kier alpha value is -1.19. The predicted octanol–water partition coefficient (Wildman–Crippen LogP) is 4.55. The number of aromatic nitrogens is 1. The minimum absolute atomic E-state index is 0.467. The molecule has 106 valence electrons. The Labute approximate surface area is 125 Å². The van der Waals surface area contributed by atoms with Gasteiger partial charge in [0.15, 0.2) is 0 Å². The first-order chi connectivity index (χ1) is 9.65. The number of benzene rings is 1. The zero-order valence-corrected chi connectivity index (χ0v) is 13.3. The average molecular weight is 286 g/mol. The summed E-state index contributed by atoms with van der Waals surface area (Å²) in [5.74, 6) is 0. The van der Waals surface area contributed by atoms with E-state index in [-0.39, 0.29) is 0 Å². The number of nitrogens with zero attached hydrogens (tertiary/aromatic N) is 1. The van der Waals surface area contributed by atoms with E-state index < -0.39 is 0 Å². The van der Waals surface area contributed by atoms with E-state index in [1.54, 1.807) is 11.3 Å². The second-order valence-electron chi connectivity index (χ2n) is 5.82. The number of thiazole rings is 1. The summed E-state index contributed by atoms with van der Waals surface area (Å²) in [6.45, 7) is 7.65. The quantitative estimate of drug-likeness (QED) is 0.876. The maximum Gasteiger partial charge on any atom is 0.110 e. The predicted molar refractivity (Wildman–Crippen MR) is 86.4 cm³/mol. The summed E-state index contributed by atoms with van der Waals surface area (Å²) >= 11 is 1.80. The Balaban J connectivity index is 1.91. The van der Waals surface area contributed by atoms with Crippen molar-refractivity contribution in [2.24, 2.45) is 0 Å². The molecule has 0 spiro atoms. The van der Waals surface area contributed by atoms with Gasteiger partial charge in [-0.15, -0.1) is 11.3 Å². The Morgan fingerprint density at radius 1 is 1.10 bits per heavy atom. The lowest BCUT2D eigenvalue weighted by molar-refractivity contribution is 0.411. The molecule has 1 aromatic heterocycles. The summed E-state index contributed by atoms with van der Waals surface area (Å²) in [6, 6.07) is 5.01. The summed E-state index contributed by atoms with van der Waals surface area (Å²) in [6.07, 6.45) is 3.83. The number of piperidine rings is 1. The minimum atomic E-state index is 0.467. The lowest BCUT2D eigenvalue weighted by atomic mass is 9.99. The lowest BCUT2D eigenvalue weighted by Gasteiger charge is -2.21. The van der Waals surface area contributed by atoms with Crippen LogP contribution < -0.4 is 5.32 Å². The number of rotatable bonds is 2. The van der Waals surface area contributed by atoms with E-state index in [0.717, 1.165) is 12.2 Å². The van der Waals surface area contributed by atoms with Gasteiger partial charge in [-0.1, -0.05) is 12.5 Å². The Morgan fingerprint density at radius 2 is 1.90 bits per heavy atom. The van der Waals surface area contributed by atoms with Crippen LogP contribution in [0.4, 0.5) is 0 Å². The standard InChI is InChI=1S/C17H22N2S/c1-11-8-13(3)14(9-12(11)2)16-10-20-17(19-16)15-6-4-5-7-18-15/h8-10,15,18H,4-7H2,1-3H3. The lowest BCUT2D eigenvalue weighted by Crippen LogP contribution is -2.26. The highest BCUT2D eigenvalue weighted by Crippen LogP contribution is 2.31. The number of hydrogen-bond donors (Lipinski definition) is 1. The van der Waals surface area contributed by atoms with Gasteiger partial charge in [-0.25, -0.2) is 4.98 Å². The van der Waals surface area contributed by atoms with Crippen molar-refractivity contribution in [3.63, 3.8) is 0 Å². The highest BCUT2D eigenvalue weighted by Gasteiger charge is 2.18. The van der Waals surface area contributed by atoms with E-state index in [1.807, 2.05) is 0 Å². The van der Waals surface area contributed by atoms with Crippen LogP contribution in [0, 0.1) is 20.8 Å². The summed E-state index contributed by atoms with van der Waals surface area (Å²) in [5.41, 5.74) is 6.44. The first-order valence-corrected chi connectivity index (χ1v) is 8.30. The van der Waals surface area contributed by atoms with Crippen molar-refractivity contribution in [1.82, 2.24) is 10.3 Å². The van der Waals surface area contributed by atoms with Gasteiger partial charge in [0.2, 0.25) is 0 Å². The SMILES string of the molecule is Cc1cc(C)c(-c2csc(C3CCCCN3)n2)cc1C. The molecule has 0 saturated carbocycles. The second-order valence-corrected chi connectivity index (χ2v) is 6.71. The summed E-state index contributed by atoms with van der Waals surface area (Å²) in [4.78, 5) is 4.89. The molecule has 1 atom stereocenters. The fraction of sp³-hybridized carbons (Fsp3) is 0.471. The Morgan fingerprint density at radius 3 is 2.65 bits per heavy atom. The molecule has 1 N–H and O–H groups in total. The fourth-order valence-corrected chi connectivity index (χ4v) is 3.80. The minimum Gasteiger partial charge on any atom is -0.308 e. The molecule has 1 fully saturated rings. The largest absolute Gasteiger partial charge is 0.308 e. The van der Waals surface area contributed by atoms with Crippen LogP contribution in [0.15, 0.2) is 17.5 Å². The number of aryl methyl sites for hydroxylation is 3. The van der Waals surface area contributed by atoms with Gasteiger partial charge >= 0.3 is 0 Å². The summed E-state index contributed by atoms with van der Waals surface area (Å²) < 4.78 is 0. The third kappa shape index (κ3) is 2.65. The molecule has 1 aliphatic heterocycles. The van der Waals surface area contributed by atoms with E-state index in [1.165, 1.54) is 46.5 Å². The van der Waals surface area contributed by atoms with Crippen LogP contribution in [0.1, 0.15) is 47.0 Å². The molecule has 0 radical (unpaired) electrons. The van der Waals surface area contributed by atoms with Crippen molar-refractivity contribution in [3.8, 4) is 11.3 Å². The molecule has 1 aliphatic rings. The Kier molecular flexibility index (Phi) is 3.90. The van der Waals surface area contributed by atoms with Crippen LogP contribution in [0.3, 0.4) is 0 Å². The molecule has 2 aromatic rings. The first-order valence-electron chi connectivity index (χ1n) is 7.42. The van der Waals surface area contributed by atoms with Crippen LogP contribution in [0.25, 0.3) is 11.3 Å². The number of hydrogen-bond acceptors (Lipinski definition) is 3. The molecule has 1 saturated heterocycles. The highest BCUT2D eigenvalue weighted by molar-refractivity contribution is 7.10. The van der Waals surface area contributed by atoms with E-state index in [9.17, 15) is 0 Å². The first kappa shape index (κ1) is 13.8. The van der Waals surface area contributed by atoms with Crippen molar-refractivity contribution in [1.29, 1.82) is 0 Å². The van der Waals surface area contributed by atoms with Crippen LogP contribution >= 0.6 is 11.3 Å². The zero-order valence-electron chi connectivity index (χ0n) is 12.5. The molecule has 0 amide bonds. The van der Waals surface area contributed by atoms with Gasteiger partial charge in [-0.3, -0.25) is 0 Å². The molecule has 20 heavy (non-hydrogen) atoms. The van der Waals surface area contributed by atoms with Gasteiger partial charge in [0.25, 0.3) is 0 Å². The molecule has 2 nitrogen and oxygen atoms in total. The monoisotopic (exact) mass is 286 g/mol. The zero-order chi connectivity index (χ0) is 14.1. The second kappa shape index (κ2) is 5.66. The van der Waals surface area contributed by atoms with Gasteiger partial charge < -0.3 is 5.32 Å².